The van der Waals surface area contributed by atoms with E-state index in [9.17, 15) is 0 Å². The van der Waals surface area contributed by atoms with Gasteiger partial charge in [-0.3, -0.25) is 4.98 Å². The average molecular weight is 385 g/mol. The van der Waals surface area contributed by atoms with E-state index in [4.69, 9.17) is 0 Å². The Morgan fingerprint density at radius 3 is 2.33 bits per heavy atom. The molecular weight excluding hydrogens is 369 g/mol. The van der Waals surface area contributed by atoms with Crippen molar-refractivity contribution in [1.29, 1.82) is 0 Å². The van der Waals surface area contributed by atoms with Gasteiger partial charge in [0, 0.05) is 20.9 Å². The van der Waals surface area contributed by atoms with Gasteiger partial charge in [0.05, 0.1) is 5.69 Å². The molecule has 2 heteroatoms. The highest BCUT2D eigenvalue weighted by atomic mass is 127. The van der Waals surface area contributed by atoms with Gasteiger partial charge < -0.3 is 0 Å². The van der Waals surface area contributed by atoms with Crippen molar-refractivity contribution in [3.05, 3.63) is 76.0 Å². The van der Waals surface area contributed by atoms with Crippen molar-refractivity contribution in [2.75, 3.05) is 0 Å². The first kappa shape index (κ1) is 14.3. The summed E-state index contributed by atoms with van der Waals surface area (Å²) in [7, 11) is 0. The zero-order chi connectivity index (χ0) is 14.7. The first-order valence-corrected chi connectivity index (χ1v) is 8.16. The number of hydrogen-bond donors (Lipinski definition) is 0. The lowest BCUT2D eigenvalue weighted by Gasteiger charge is -2.11. The minimum absolute atomic E-state index is 1.00. The average Bonchev–Trinajstić information content (AvgIpc) is 2.55. The van der Waals surface area contributed by atoms with Gasteiger partial charge in [0.2, 0.25) is 0 Å². The summed E-state index contributed by atoms with van der Waals surface area (Å²) in [4.78, 5) is 4.69. The van der Waals surface area contributed by atoms with E-state index in [0.717, 1.165) is 12.1 Å². The van der Waals surface area contributed by atoms with Gasteiger partial charge in [-0.1, -0.05) is 55.5 Å². The second-order valence-corrected chi connectivity index (χ2v) is 6.09. The zero-order valence-corrected chi connectivity index (χ0v) is 14.0. The fourth-order valence-electron chi connectivity index (χ4n) is 2.48. The highest BCUT2D eigenvalue weighted by Crippen LogP contribution is 2.29. The molecule has 1 nitrogen and oxygen atoms in total. The molecule has 0 aliphatic heterocycles. The summed E-state index contributed by atoms with van der Waals surface area (Å²) in [6, 6.07) is 21.1. The Labute approximate surface area is 139 Å². The Hall–Kier alpha value is -1.68. The van der Waals surface area contributed by atoms with Crippen LogP contribution in [0.15, 0.2) is 66.9 Å². The van der Waals surface area contributed by atoms with Crippen LogP contribution < -0.4 is 0 Å². The SMILES string of the molecule is CCc1cc(-c2ccccc2I)ncc1-c1ccccc1. The molecular formula is C19H16IN. The van der Waals surface area contributed by atoms with Crippen LogP contribution in [0.5, 0.6) is 0 Å². The van der Waals surface area contributed by atoms with E-state index in [1.165, 1.54) is 25.8 Å². The molecule has 0 bridgehead atoms. The highest BCUT2D eigenvalue weighted by Gasteiger charge is 2.09. The lowest BCUT2D eigenvalue weighted by molar-refractivity contribution is 1.12. The molecule has 0 spiro atoms. The Kier molecular flexibility index (Phi) is 4.34. The van der Waals surface area contributed by atoms with Gasteiger partial charge >= 0.3 is 0 Å². The van der Waals surface area contributed by atoms with Crippen LogP contribution in [-0.4, -0.2) is 4.98 Å². The van der Waals surface area contributed by atoms with Crippen LogP contribution in [0.1, 0.15) is 12.5 Å². The van der Waals surface area contributed by atoms with Crippen molar-refractivity contribution < 1.29 is 0 Å². The number of hydrogen-bond acceptors (Lipinski definition) is 1. The van der Waals surface area contributed by atoms with Crippen LogP contribution >= 0.6 is 22.6 Å². The molecule has 3 aromatic rings. The Morgan fingerprint density at radius 2 is 1.62 bits per heavy atom. The topological polar surface area (TPSA) is 12.9 Å². The zero-order valence-electron chi connectivity index (χ0n) is 11.9. The molecule has 0 fully saturated rings. The third-order valence-corrected chi connectivity index (χ3v) is 4.55. The Morgan fingerprint density at radius 1 is 0.905 bits per heavy atom. The van der Waals surface area contributed by atoms with E-state index in [1.54, 1.807) is 0 Å². The molecule has 0 saturated heterocycles. The third-order valence-electron chi connectivity index (χ3n) is 3.61. The summed E-state index contributed by atoms with van der Waals surface area (Å²) in [5.41, 5.74) is 6.05. The van der Waals surface area contributed by atoms with Crippen LogP contribution in [0.3, 0.4) is 0 Å². The van der Waals surface area contributed by atoms with Gasteiger partial charge in [-0.05, 0) is 52.3 Å². The maximum absolute atomic E-state index is 4.69. The molecule has 0 amide bonds. The Bertz CT molecular complexity index is 751. The van der Waals surface area contributed by atoms with Crippen molar-refractivity contribution in [1.82, 2.24) is 4.98 Å². The molecule has 104 valence electrons. The van der Waals surface area contributed by atoms with Gasteiger partial charge in [0.25, 0.3) is 0 Å². The van der Waals surface area contributed by atoms with Gasteiger partial charge in [0.15, 0.2) is 0 Å². The first-order chi connectivity index (χ1) is 10.3. The van der Waals surface area contributed by atoms with E-state index >= 15 is 0 Å². The minimum atomic E-state index is 1.00. The molecule has 0 atom stereocenters. The van der Waals surface area contributed by atoms with Crippen molar-refractivity contribution in [3.63, 3.8) is 0 Å². The largest absolute Gasteiger partial charge is 0.256 e. The van der Waals surface area contributed by atoms with E-state index < -0.39 is 0 Å². The molecule has 1 aromatic heterocycles. The molecule has 0 radical (unpaired) electrons. The van der Waals surface area contributed by atoms with Crippen LogP contribution in [0.2, 0.25) is 0 Å². The summed E-state index contributed by atoms with van der Waals surface area (Å²) < 4.78 is 1.23. The summed E-state index contributed by atoms with van der Waals surface area (Å²) >= 11 is 2.37. The second kappa shape index (κ2) is 6.39. The number of nitrogens with zero attached hydrogens (tertiary/aromatic N) is 1. The van der Waals surface area contributed by atoms with Gasteiger partial charge in [-0.2, -0.15) is 0 Å². The molecule has 2 aromatic carbocycles. The van der Waals surface area contributed by atoms with Crippen molar-refractivity contribution in [2.24, 2.45) is 0 Å². The quantitative estimate of drug-likeness (QED) is 0.536. The summed E-state index contributed by atoms with van der Waals surface area (Å²) in [5, 5.41) is 0. The second-order valence-electron chi connectivity index (χ2n) is 4.93. The number of aromatic nitrogens is 1. The van der Waals surface area contributed by atoms with E-state index in [1.807, 2.05) is 12.3 Å². The minimum Gasteiger partial charge on any atom is -0.256 e. The maximum atomic E-state index is 4.69. The van der Waals surface area contributed by atoms with Gasteiger partial charge in [0.1, 0.15) is 0 Å². The Balaban J connectivity index is 2.10. The number of aryl methyl sites for hydroxylation is 1. The monoisotopic (exact) mass is 385 g/mol. The fourth-order valence-corrected chi connectivity index (χ4v) is 3.15. The van der Waals surface area contributed by atoms with Crippen LogP contribution in [-0.2, 0) is 6.42 Å². The molecule has 21 heavy (non-hydrogen) atoms. The van der Waals surface area contributed by atoms with E-state index in [0.29, 0.717) is 0 Å². The van der Waals surface area contributed by atoms with E-state index in [-0.39, 0.29) is 0 Å². The van der Waals surface area contributed by atoms with Gasteiger partial charge in [-0.25, -0.2) is 0 Å². The van der Waals surface area contributed by atoms with Crippen LogP contribution in [0.25, 0.3) is 22.4 Å². The number of rotatable bonds is 3. The summed E-state index contributed by atoms with van der Waals surface area (Å²) in [6.07, 6.45) is 3.01. The van der Waals surface area contributed by atoms with E-state index in [2.05, 4.69) is 89.1 Å². The molecule has 0 unspecified atom stereocenters. The highest BCUT2D eigenvalue weighted by molar-refractivity contribution is 14.1. The molecule has 1 heterocycles. The lowest BCUT2D eigenvalue weighted by atomic mass is 9.98. The third kappa shape index (κ3) is 3.00. The maximum Gasteiger partial charge on any atom is 0.0715 e. The molecule has 3 rings (SSSR count). The molecule has 0 N–H and O–H groups in total. The standard InChI is InChI=1S/C19H16IN/c1-2-14-12-19(16-10-6-7-11-18(16)20)21-13-17(14)15-8-4-3-5-9-15/h3-13H,2H2,1H3. The normalized spacial score (nSPS) is 10.6. The predicted molar refractivity (Wildman–Crippen MR) is 97.2 cm³/mol. The van der Waals surface area contributed by atoms with Crippen molar-refractivity contribution in [3.8, 4) is 22.4 Å². The number of benzene rings is 2. The van der Waals surface area contributed by atoms with Crippen molar-refractivity contribution in [2.45, 2.75) is 13.3 Å². The molecule has 0 aliphatic carbocycles. The predicted octanol–water partition coefficient (Wildman–Crippen LogP) is 5.58. The number of halogens is 1. The summed E-state index contributed by atoms with van der Waals surface area (Å²) in [5.74, 6) is 0. The molecule has 0 aliphatic rings. The van der Waals surface area contributed by atoms with Crippen LogP contribution in [0, 0.1) is 3.57 Å². The smallest absolute Gasteiger partial charge is 0.0715 e. The van der Waals surface area contributed by atoms with Gasteiger partial charge in [-0.15, -0.1) is 0 Å². The van der Waals surface area contributed by atoms with Crippen LogP contribution in [0.4, 0.5) is 0 Å². The first-order valence-electron chi connectivity index (χ1n) is 7.09. The lowest BCUT2D eigenvalue weighted by Crippen LogP contribution is -1.93. The summed E-state index contributed by atoms with van der Waals surface area (Å²) in [6.45, 7) is 2.20. The van der Waals surface area contributed by atoms with Crippen molar-refractivity contribution >= 4 is 22.6 Å². The fraction of sp³-hybridized carbons (Fsp3) is 0.105. The number of pyridine rings is 1. The molecule has 0 saturated carbocycles.